The van der Waals surface area contributed by atoms with Crippen LogP contribution in [0.3, 0.4) is 0 Å². The zero-order chi connectivity index (χ0) is 17.2. The van der Waals surface area contributed by atoms with E-state index in [1.165, 1.54) is 22.2 Å². The summed E-state index contributed by atoms with van der Waals surface area (Å²) in [5, 5.41) is 23.9. The first kappa shape index (κ1) is 16.5. The van der Waals surface area contributed by atoms with E-state index >= 15 is 0 Å². The van der Waals surface area contributed by atoms with Crippen molar-refractivity contribution in [3.63, 3.8) is 0 Å². The van der Waals surface area contributed by atoms with Gasteiger partial charge in [0.2, 0.25) is 10.8 Å². The molecule has 7 nitrogen and oxygen atoms in total. The van der Waals surface area contributed by atoms with Gasteiger partial charge in [-0.05, 0) is 5.56 Å². The number of β-amino-alcohol motifs (C(OH)–C–C–N with tert-alkyl or cyclic N) is 1. The molecule has 3 aromatic rings. The molecule has 1 atom stereocenters. The smallest absolute Gasteiger partial charge is 0.230 e. The van der Waals surface area contributed by atoms with Crippen LogP contribution in [-0.2, 0) is 0 Å². The van der Waals surface area contributed by atoms with Gasteiger partial charge in [-0.25, -0.2) is 4.98 Å². The first-order valence-electron chi connectivity index (χ1n) is 8.41. The fourth-order valence-electron chi connectivity index (χ4n) is 3.42. The molecule has 0 radical (unpaired) electrons. The lowest BCUT2D eigenvalue weighted by Crippen LogP contribution is -2.48. The van der Waals surface area contributed by atoms with Crippen LogP contribution in [0.5, 0.6) is 5.88 Å². The molecule has 0 spiro atoms. The van der Waals surface area contributed by atoms with Gasteiger partial charge in [0, 0.05) is 32.7 Å². The van der Waals surface area contributed by atoms with Crippen LogP contribution in [0.1, 0.15) is 16.5 Å². The molecule has 1 aliphatic rings. The van der Waals surface area contributed by atoms with E-state index in [1.54, 1.807) is 0 Å². The minimum atomic E-state index is -0.0222. The molecule has 0 aliphatic carbocycles. The molecular formula is C17H21N5O2S. The van der Waals surface area contributed by atoms with E-state index in [0.717, 1.165) is 36.6 Å². The van der Waals surface area contributed by atoms with E-state index in [0.29, 0.717) is 11.5 Å². The van der Waals surface area contributed by atoms with Gasteiger partial charge in [0.25, 0.3) is 0 Å². The SMILES string of the molecule is OCCN1CCN([C@H](c2ccccc2)c2sc3ncnn3c2O)CC1. The summed E-state index contributed by atoms with van der Waals surface area (Å²) in [5.41, 5.74) is 1.15. The number of aliphatic hydroxyl groups excluding tert-OH is 1. The standard InChI is InChI=1S/C17H21N5O2S/c23-11-10-20-6-8-21(9-7-20)14(13-4-2-1-3-5-13)15-16(24)22-17(25-15)18-12-19-22/h1-5,12,14,23-24H,6-11H2/t14-/m1/s1. The second kappa shape index (κ2) is 7.09. The lowest BCUT2D eigenvalue weighted by molar-refractivity contribution is 0.0945. The van der Waals surface area contributed by atoms with Gasteiger partial charge in [0.05, 0.1) is 17.5 Å². The fraction of sp³-hybridized carbons (Fsp3) is 0.412. The van der Waals surface area contributed by atoms with Gasteiger partial charge < -0.3 is 10.2 Å². The average molecular weight is 359 g/mol. The van der Waals surface area contributed by atoms with Crippen molar-refractivity contribution in [2.75, 3.05) is 39.3 Å². The predicted molar refractivity (Wildman–Crippen MR) is 95.9 cm³/mol. The quantitative estimate of drug-likeness (QED) is 0.713. The molecule has 4 rings (SSSR count). The number of aromatic nitrogens is 3. The Morgan fingerprint density at radius 2 is 1.88 bits per heavy atom. The summed E-state index contributed by atoms with van der Waals surface area (Å²) in [6, 6.07) is 10.2. The van der Waals surface area contributed by atoms with Crippen molar-refractivity contribution < 1.29 is 10.2 Å². The molecule has 0 bridgehead atoms. The zero-order valence-corrected chi connectivity index (χ0v) is 14.6. The topological polar surface area (TPSA) is 77.1 Å². The molecule has 25 heavy (non-hydrogen) atoms. The highest BCUT2D eigenvalue weighted by atomic mass is 32.1. The number of benzene rings is 1. The van der Waals surface area contributed by atoms with E-state index < -0.39 is 0 Å². The summed E-state index contributed by atoms with van der Waals surface area (Å²) in [7, 11) is 0. The first-order valence-corrected chi connectivity index (χ1v) is 9.23. The molecule has 0 amide bonds. The number of thiazole rings is 1. The van der Waals surface area contributed by atoms with Crippen molar-refractivity contribution in [3.05, 3.63) is 47.1 Å². The van der Waals surface area contributed by atoms with Crippen LogP contribution in [0.25, 0.3) is 4.96 Å². The van der Waals surface area contributed by atoms with E-state index in [4.69, 9.17) is 5.11 Å². The Balaban J connectivity index is 1.68. The van der Waals surface area contributed by atoms with Crippen LogP contribution in [0.15, 0.2) is 36.7 Å². The fourth-order valence-corrected chi connectivity index (χ4v) is 4.51. The van der Waals surface area contributed by atoms with Gasteiger partial charge in [-0.1, -0.05) is 41.7 Å². The summed E-state index contributed by atoms with van der Waals surface area (Å²) >= 11 is 1.48. The highest BCUT2D eigenvalue weighted by Gasteiger charge is 2.31. The lowest BCUT2D eigenvalue weighted by Gasteiger charge is -2.38. The largest absolute Gasteiger partial charge is 0.492 e. The molecule has 8 heteroatoms. The third-order valence-corrected chi connectivity index (χ3v) is 5.78. The number of piperazine rings is 1. The molecule has 0 saturated carbocycles. The summed E-state index contributed by atoms with van der Waals surface area (Å²) in [5.74, 6) is 0.171. The number of rotatable bonds is 5. The maximum absolute atomic E-state index is 10.7. The minimum Gasteiger partial charge on any atom is -0.492 e. The van der Waals surface area contributed by atoms with Crippen molar-refractivity contribution in [2.24, 2.45) is 0 Å². The molecule has 1 aromatic carbocycles. The number of aliphatic hydroxyl groups is 1. The summed E-state index contributed by atoms with van der Waals surface area (Å²) in [4.78, 5) is 10.4. The highest BCUT2D eigenvalue weighted by molar-refractivity contribution is 7.17. The Labute approximate surface area is 149 Å². The molecule has 0 unspecified atom stereocenters. The maximum atomic E-state index is 10.7. The first-order chi connectivity index (χ1) is 12.3. The van der Waals surface area contributed by atoms with E-state index in [1.807, 2.05) is 18.2 Å². The normalized spacial score (nSPS) is 18.0. The van der Waals surface area contributed by atoms with Crippen LogP contribution in [0.2, 0.25) is 0 Å². The summed E-state index contributed by atoms with van der Waals surface area (Å²) in [6.07, 6.45) is 1.46. The van der Waals surface area contributed by atoms with Crippen molar-refractivity contribution in [2.45, 2.75) is 6.04 Å². The Morgan fingerprint density at radius 1 is 1.12 bits per heavy atom. The Kier molecular flexibility index (Phi) is 4.67. The molecule has 1 saturated heterocycles. The van der Waals surface area contributed by atoms with Crippen LogP contribution < -0.4 is 0 Å². The van der Waals surface area contributed by atoms with Crippen LogP contribution >= 0.6 is 11.3 Å². The van der Waals surface area contributed by atoms with Crippen LogP contribution in [-0.4, -0.2) is 73.9 Å². The second-order valence-corrected chi connectivity index (χ2v) is 7.17. The van der Waals surface area contributed by atoms with Crippen LogP contribution in [0, 0.1) is 0 Å². The van der Waals surface area contributed by atoms with Gasteiger partial charge >= 0.3 is 0 Å². The van der Waals surface area contributed by atoms with Gasteiger partial charge in [0.15, 0.2) is 0 Å². The second-order valence-electron chi connectivity index (χ2n) is 6.16. The molecule has 2 aromatic heterocycles. The van der Waals surface area contributed by atoms with Crippen molar-refractivity contribution in [1.29, 1.82) is 0 Å². The van der Waals surface area contributed by atoms with Crippen molar-refractivity contribution in [1.82, 2.24) is 24.4 Å². The van der Waals surface area contributed by atoms with Gasteiger partial charge in [-0.2, -0.15) is 9.61 Å². The summed E-state index contributed by atoms with van der Waals surface area (Å²) in [6.45, 7) is 4.48. The van der Waals surface area contributed by atoms with Crippen LogP contribution in [0.4, 0.5) is 0 Å². The molecular weight excluding hydrogens is 338 g/mol. The number of hydrogen-bond acceptors (Lipinski definition) is 7. The Morgan fingerprint density at radius 3 is 2.56 bits per heavy atom. The monoisotopic (exact) mass is 359 g/mol. The highest BCUT2D eigenvalue weighted by Crippen LogP contribution is 2.39. The lowest BCUT2D eigenvalue weighted by atomic mass is 10.0. The zero-order valence-electron chi connectivity index (χ0n) is 13.8. The molecule has 1 aliphatic heterocycles. The van der Waals surface area contributed by atoms with E-state index in [9.17, 15) is 5.11 Å². The van der Waals surface area contributed by atoms with Gasteiger partial charge in [0.1, 0.15) is 6.33 Å². The number of hydrogen-bond donors (Lipinski definition) is 2. The molecule has 2 N–H and O–H groups in total. The maximum Gasteiger partial charge on any atom is 0.230 e. The van der Waals surface area contributed by atoms with Crippen molar-refractivity contribution in [3.8, 4) is 5.88 Å². The van der Waals surface area contributed by atoms with Gasteiger partial charge in [-0.15, -0.1) is 0 Å². The van der Waals surface area contributed by atoms with Gasteiger partial charge in [-0.3, -0.25) is 9.80 Å². The molecule has 3 heterocycles. The molecule has 132 valence electrons. The van der Waals surface area contributed by atoms with E-state index in [2.05, 4.69) is 32.0 Å². The van der Waals surface area contributed by atoms with E-state index in [-0.39, 0.29) is 18.5 Å². The summed E-state index contributed by atoms with van der Waals surface area (Å²) < 4.78 is 1.50. The Bertz CT molecular complexity index is 826. The van der Waals surface area contributed by atoms with Crippen molar-refractivity contribution >= 4 is 16.3 Å². The number of nitrogens with zero attached hydrogens (tertiary/aromatic N) is 5. The predicted octanol–water partition coefficient (Wildman–Crippen LogP) is 1.20. The third-order valence-electron chi connectivity index (χ3n) is 4.69. The number of aromatic hydroxyl groups is 1. The molecule has 1 fully saturated rings. The Hall–Kier alpha value is -2.00. The minimum absolute atomic E-state index is 0.0222. The third kappa shape index (κ3) is 3.13. The average Bonchev–Trinajstić information content (AvgIpc) is 3.22. The number of fused-ring (bicyclic) bond motifs is 1.